The van der Waals surface area contributed by atoms with Gasteiger partial charge in [-0.15, -0.1) is 0 Å². The smallest absolute Gasteiger partial charge is 0.258 e. The zero-order valence-electron chi connectivity index (χ0n) is 13.7. The molecule has 2 aromatic rings. The minimum Gasteiger partial charge on any atom is -0.258 e. The van der Waals surface area contributed by atoms with Crippen LogP contribution in [0.2, 0.25) is 0 Å². The highest BCUT2D eigenvalue weighted by atomic mass is 32.2. The number of nitro benzene ring substituents is 1. The van der Waals surface area contributed by atoms with E-state index in [0.717, 1.165) is 11.1 Å². The second-order valence-corrected chi connectivity index (χ2v) is 7.53. The number of benzene rings is 2. The van der Waals surface area contributed by atoms with Crippen LogP contribution in [0.3, 0.4) is 0 Å². The minimum absolute atomic E-state index is 0.173. The Labute approximate surface area is 141 Å². The summed E-state index contributed by atoms with van der Waals surface area (Å²) in [4.78, 5) is 10.5. The van der Waals surface area contributed by atoms with Gasteiger partial charge in [0.15, 0.2) is 0 Å². The average Bonchev–Trinajstić information content (AvgIpc) is 2.52. The molecule has 0 spiro atoms. The van der Waals surface area contributed by atoms with Gasteiger partial charge < -0.3 is 0 Å². The largest absolute Gasteiger partial charge is 0.273 e. The molecular formula is C17H20N2O4S. The molecule has 0 heterocycles. The van der Waals surface area contributed by atoms with Crippen LogP contribution in [-0.2, 0) is 22.3 Å². The van der Waals surface area contributed by atoms with E-state index < -0.39 is 14.9 Å². The zero-order valence-corrected chi connectivity index (χ0v) is 14.5. The summed E-state index contributed by atoms with van der Waals surface area (Å²) in [6, 6.07) is 13.6. The summed E-state index contributed by atoms with van der Waals surface area (Å²) in [5.74, 6) is -0.385. The van der Waals surface area contributed by atoms with Crippen molar-refractivity contribution in [1.82, 2.24) is 4.31 Å². The van der Waals surface area contributed by atoms with E-state index in [1.165, 1.54) is 22.5 Å². The van der Waals surface area contributed by atoms with Gasteiger partial charge in [-0.3, -0.25) is 10.1 Å². The molecule has 128 valence electrons. The molecule has 0 aliphatic carbocycles. The van der Waals surface area contributed by atoms with Crippen molar-refractivity contribution in [3.8, 4) is 0 Å². The fraction of sp³-hybridized carbons (Fsp3) is 0.294. The van der Waals surface area contributed by atoms with Crippen molar-refractivity contribution < 1.29 is 13.3 Å². The lowest BCUT2D eigenvalue weighted by Gasteiger charge is -2.21. The van der Waals surface area contributed by atoms with Crippen LogP contribution in [-0.4, -0.2) is 24.2 Å². The SMILES string of the molecule is CCN(Cc1cccc(C)c1)S(=O)(=O)Cc1ccccc1[N+](=O)[O-]. The Morgan fingerprint density at radius 2 is 1.83 bits per heavy atom. The van der Waals surface area contributed by atoms with E-state index in [-0.39, 0.29) is 23.5 Å². The number of aryl methyl sites for hydroxylation is 1. The second kappa shape index (κ2) is 7.55. The van der Waals surface area contributed by atoms with Gasteiger partial charge in [-0.05, 0) is 12.5 Å². The van der Waals surface area contributed by atoms with Crippen LogP contribution in [0, 0.1) is 17.0 Å². The van der Waals surface area contributed by atoms with E-state index >= 15 is 0 Å². The maximum Gasteiger partial charge on any atom is 0.273 e. The standard InChI is InChI=1S/C17H20N2O4S/c1-3-18(12-15-8-6-7-14(2)11-15)24(22,23)13-16-9-4-5-10-17(16)19(20)21/h4-11H,3,12-13H2,1-2H3. The van der Waals surface area contributed by atoms with Gasteiger partial charge in [0.2, 0.25) is 10.0 Å². The molecule has 2 rings (SSSR count). The topological polar surface area (TPSA) is 80.5 Å². The molecule has 0 N–H and O–H groups in total. The molecule has 2 aromatic carbocycles. The Bertz CT molecular complexity index is 834. The van der Waals surface area contributed by atoms with Crippen molar-refractivity contribution in [3.05, 3.63) is 75.3 Å². The van der Waals surface area contributed by atoms with Gasteiger partial charge in [0.25, 0.3) is 5.69 Å². The minimum atomic E-state index is -3.66. The van der Waals surface area contributed by atoms with E-state index in [1.807, 2.05) is 31.2 Å². The average molecular weight is 348 g/mol. The molecule has 0 fully saturated rings. The molecule has 0 unspecified atom stereocenters. The normalized spacial score (nSPS) is 11.6. The van der Waals surface area contributed by atoms with E-state index in [0.29, 0.717) is 6.54 Å². The summed E-state index contributed by atoms with van der Waals surface area (Å²) in [5.41, 5.74) is 1.97. The van der Waals surface area contributed by atoms with Gasteiger partial charge in [0.1, 0.15) is 0 Å². The molecule has 6 nitrogen and oxygen atoms in total. The van der Waals surface area contributed by atoms with Gasteiger partial charge >= 0.3 is 0 Å². The van der Waals surface area contributed by atoms with E-state index in [4.69, 9.17) is 0 Å². The Morgan fingerprint density at radius 1 is 1.12 bits per heavy atom. The first kappa shape index (κ1) is 18.1. The molecule has 0 bridgehead atoms. The number of nitrogens with zero attached hydrogens (tertiary/aromatic N) is 2. The number of sulfonamides is 1. The van der Waals surface area contributed by atoms with Crippen LogP contribution < -0.4 is 0 Å². The summed E-state index contributed by atoms with van der Waals surface area (Å²) < 4.78 is 26.7. The number of nitro groups is 1. The lowest BCUT2D eigenvalue weighted by Crippen LogP contribution is -2.31. The number of hydrogen-bond acceptors (Lipinski definition) is 4. The maximum absolute atomic E-state index is 12.7. The molecule has 0 radical (unpaired) electrons. The van der Waals surface area contributed by atoms with E-state index in [2.05, 4.69) is 0 Å². The highest BCUT2D eigenvalue weighted by molar-refractivity contribution is 7.88. The monoisotopic (exact) mass is 348 g/mol. The highest BCUT2D eigenvalue weighted by Crippen LogP contribution is 2.22. The van der Waals surface area contributed by atoms with Gasteiger partial charge in [0, 0.05) is 24.7 Å². The van der Waals surface area contributed by atoms with Crippen molar-refractivity contribution in [1.29, 1.82) is 0 Å². The first-order valence-electron chi connectivity index (χ1n) is 7.59. The predicted octanol–water partition coefficient (Wildman–Crippen LogP) is 3.26. The van der Waals surface area contributed by atoms with Crippen LogP contribution in [0.25, 0.3) is 0 Å². The third kappa shape index (κ3) is 4.39. The third-order valence-corrected chi connectivity index (χ3v) is 5.56. The summed E-state index contributed by atoms with van der Waals surface area (Å²) in [7, 11) is -3.66. The van der Waals surface area contributed by atoms with Crippen molar-refractivity contribution in [2.24, 2.45) is 0 Å². The summed E-state index contributed by atoms with van der Waals surface area (Å²) in [6.45, 7) is 4.26. The Kier molecular flexibility index (Phi) is 5.69. The molecule has 0 saturated carbocycles. The molecule has 0 atom stereocenters. The first-order chi connectivity index (χ1) is 11.3. The Morgan fingerprint density at radius 3 is 2.46 bits per heavy atom. The van der Waals surface area contributed by atoms with Gasteiger partial charge in [-0.25, -0.2) is 8.42 Å². The van der Waals surface area contributed by atoms with Crippen molar-refractivity contribution in [2.75, 3.05) is 6.54 Å². The molecule has 0 saturated heterocycles. The van der Waals surface area contributed by atoms with Crippen molar-refractivity contribution in [3.63, 3.8) is 0 Å². The highest BCUT2D eigenvalue weighted by Gasteiger charge is 2.25. The number of rotatable bonds is 7. The predicted molar refractivity (Wildman–Crippen MR) is 93.0 cm³/mol. The fourth-order valence-corrected chi connectivity index (χ4v) is 4.08. The molecule has 7 heteroatoms. The summed E-state index contributed by atoms with van der Waals surface area (Å²) >= 11 is 0. The van der Waals surface area contributed by atoms with Crippen LogP contribution in [0.15, 0.2) is 48.5 Å². The molecule has 0 aliphatic heterocycles. The number of para-hydroxylation sites is 1. The fourth-order valence-electron chi connectivity index (χ4n) is 2.52. The zero-order chi connectivity index (χ0) is 17.7. The lowest BCUT2D eigenvalue weighted by molar-refractivity contribution is -0.385. The van der Waals surface area contributed by atoms with Crippen molar-refractivity contribution >= 4 is 15.7 Å². The van der Waals surface area contributed by atoms with E-state index in [1.54, 1.807) is 13.0 Å². The molecular weight excluding hydrogens is 328 g/mol. The van der Waals surface area contributed by atoms with Crippen molar-refractivity contribution in [2.45, 2.75) is 26.1 Å². The Balaban J connectivity index is 2.26. The quantitative estimate of drug-likeness (QED) is 0.568. The first-order valence-corrected chi connectivity index (χ1v) is 9.20. The molecule has 0 amide bonds. The maximum atomic E-state index is 12.7. The summed E-state index contributed by atoms with van der Waals surface area (Å²) in [6.07, 6.45) is 0. The van der Waals surface area contributed by atoms with Gasteiger partial charge in [0.05, 0.1) is 10.7 Å². The molecule has 0 aromatic heterocycles. The lowest BCUT2D eigenvalue weighted by atomic mass is 10.1. The molecule has 24 heavy (non-hydrogen) atoms. The third-order valence-electron chi connectivity index (χ3n) is 3.71. The molecule has 0 aliphatic rings. The van der Waals surface area contributed by atoms with Crippen LogP contribution in [0.1, 0.15) is 23.6 Å². The van der Waals surface area contributed by atoms with E-state index in [9.17, 15) is 18.5 Å². The van der Waals surface area contributed by atoms with Crippen LogP contribution in [0.5, 0.6) is 0 Å². The second-order valence-electron chi connectivity index (χ2n) is 5.56. The summed E-state index contributed by atoms with van der Waals surface area (Å²) in [5, 5.41) is 11.1. The number of hydrogen-bond donors (Lipinski definition) is 0. The van der Waals surface area contributed by atoms with Gasteiger partial charge in [-0.1, -0.05) is 55.0 Å². The van der Waals surface area contributed by atoms with Gasteiger partial charge in [-0.2, -0.15) is 4.31 Å². The van der Waals surface area contributed by atoms with Crippen LogP contribution in [0.4, 0.5) is 5.69 Å². The van der Waals surface area contributed by atoms with Crippen LogP contribution >= 0.6 is 0 Å². The Hall–Kier alpha value is -2.25.